The number of H-pyrrole nitrogens is 1. The normalized spacial score (nSPS) is 27.8. The van der Waals surface area contributed by atoms with Gasteiger partial charge in [0.15, 0.2) is 0 Å². The minimum atomic E-state index is -4.10. The average Bonchev–Trinajstić information content (AvgIpc) is 3.17. The number of aromatic nitrogens is 3. The Morgan fingerprint density at radius 2 is 1.96 bits per heavy atom. The molecule has 1 saturated carbocycles. The number of rotatable bonds is 3. The lowest BCUT2D eigenvalue weighted by atomic mass is 10.0. The second-order valence-electron chi connectivity index (χ2n) is 7.00. The summed E-state index contributed by atoms with van der Waals surface area (Å²) in [6, 6.07) is 2.28. The molecule has 0 bridgehead atoms. The third-order valence-corrected chi connectivity index (χ3v) is 5.42. The highest BCUT2D eigenvalue weighted by Crippen LogP contribution is 2.42. The molecule has 8 heteroatoms. The van der Waals surface area contributed by atoms with Crippen LogP contribution < -0.4 is 4.90 Å². The first-order chi connectivity index (χ1) is 11.4. The van der Waals surface area contributed by atoms with Crippen LogP contribution in [0.2, 0.25) is 0 Å². The van der Waals surface area contributed by atoms with Crippen LogP contribution in [0.1, 0.15) is 12.8 Å². The van der Waals surface area contributed by atoms with E-state index in [9.17, 15) is 13.2 Å². The van der Waals surface area contributed by atoms with Crippen molar-refractivity contribution < 1.29 is 13.2 Å². The van der Waals surface area contributed by atoms with E-state index in [4.69, 9.17) is 0 Å². The third kappa shape index (κ3) is 2.83. The van der Waals surface area contributed by atoms with Crippen molar-refractivity contribution in [1.29, 1.82) is 0 Å². The van der Waals surface area contributed by atoms with E-state index in [1.54, 1.807) is 11.2 Å². The van der Waals surface area contributed by atoms with Gasteiger partial charge in [0.25, 0.3) is 0 Å². The Labute approximate surface area is 137 Å². The minimum Gasteiger partial charge on any atom is -0.356 e. The Hall–Kier alpha value is -1.83. The van der Waals surface area contributed by atoms with Crippen LogP contribution in [0.5, 0.6) is 0 Å². The van der Waals surface area contributed by atoms with E-state index in [0.717, 1.165) is 29.7 Å². The fraction of sp³-hybridized carbons (Fsp3) is 0.625. The fourth-order valence-electron chi connectivity index (χ4n) is 4.38. The van der Waals surface area contributed by atoms with Gasteiger partial charge in [0.05, 0.1) is 11.9 Å². The van der Waals surface area contributed by atoms with Gasteiger partial charge < -0.3 is 9.88 Å². The summed E-state index contributed by atoms with van der Waals surface area (Å²) in [5.74, 6) is 1.59. The number of nitrogens with one attached hydrogen (secondary N) is 1. The molecule has 3 heterocycles. The number of anilines is 1. The number of hydrogen-bond donors (Lipinski definition) is 1. The van der Waals surface area contributed by atoms with E-state index in [-0.39, 0.29) is 0 Å². The first kappa shape index (κ1) is 15.7. The van der Waals surface area contributed by atoms with E-state index in [0.29, 0.717) is 31.0 Å². The van der Waals surface area contributed by atoms with Gasteiger partial charge in [-0.25, -0.2) is 9.97 Å². The SMILES string of the molecule is CN(c1ncnc2[nH]ccc12)C1C[C@@H]2CN(CC(F)(F)F)C[C@@H]2C1. The molecule has 2 aromatic heterocycles. The molecule has 0 aromatic carbocycles. The predicted molar refractivity (Wildman–Crippen MR) is 84.8 cm³/mol. The molecule has 1 saturated heterocycles. The van der Waals surface area contributed by atoms with Crippen LogP contribution in [-0.4, -0.2) is 58.8 Å². The Bertz CT molecular complexity index is 714. The number of likely N-dealkylation sites (tertiary alicyclic amines) is 1. The van der Waals surface area contributed by atoms with Crippen LogP contribution in [0.15, 0.2) is 18.6 Å². The van der Waals surface area contributed by atoms with E-state index in [2.05, 4.69) is 19.9 Å². The highest BCUT2D eigenvalue weighted by atomic mass is 19.4. The standard InChI is InChI=1S/C16H20F3N5/c1-23(15-13-2-3-20-14(13)21-9-22-15)12-4-10-6-24(7-11(10)5-12)8-16(17,18)19/h2-3,9-12H,4-8H2,1H3,(H,20,21,22)/t10-,11+,12?. The van der Waals surface area contributed by atoms with Gasteiger partial charge in [-0.15, -0.1) is 0 Å². The second kappa shape index (κ2) is 5.61. The molecule has 2 aliphatic rings. The van der Waals surface area contributed by atoms with E-state index >= 15 is 0 Å². The van der Waals surface area contributed by atoms with Gasteiger partial charge in [-0.2, -0.15) is 13.2 Å². The number of aromatic amines is 1. The van der Waals surface area contributed by atoms with Gasteiger partial charge in [-0.1, -0.05) is 0 Å². The first-order valence-electron chi connectivity index (χ1n) is 8.21. The van der Waals surface area contributed by atoms with Gasteiger partial charge in [-0.3, -0.25) is 4.90 Å². The maximum atomic E-state index is 12.6. The molecule has 24 heavy (non-hydrogen) atoms. The highest BCUT2D eigenvalue weighted by Gasteiger charge is 2.45. The van der Waals surface area contributed by atoms with Gasteiger partial charge in [0, 0.05) is 32.4 Å². The van der Waals surface area contributed by atoms with E-state index in [1.165, 1.54) is 0 Å². The molecule has 5 nitrogen and oxygen atoms in total. The zero-order chi connectivity index (χ0) is 16.9. The number of nitrogens with zero attached hydrogens (tertiary/aromatic N) is 4. The zero-order valence-electron chi connectivity index (χ0n) is 13.4. The van der Waals surface area contributed by atoms with Crippen molar-refractivity contribution in [3.63, 3.8) is 0 Å². The summed E-state index contributed by atoms with van der Waals surface area (Å²) in [6.07, 6.45) is 1.13. The van der Waals surface area contributed by atoms with Crippen LogP contribution >= 0.6 is 0 Å². The molecular formula is C16H20F3N5. The average molecular weight is 339 g/mol. The number of halogens is 3. The van der Waals surface area contributed by atoms with Crippen molar-refractivity contribution >= 4 is 16.9 Å². The monoisotopic (exact) mass is 339 g/mol. The minimum absolute atomic E-state index is 0.320. The summed E-state index contributed by atoms with van der Waals surface area (Å²) in [4.78, 5) is 15.4. The molecule has 4 rings (SSSR count). The lowest BCUT2D eigenvalue weighted by Crippen LogP contribution is -2.36. The fourth-order valence-corrected chi connectivity index (χ4v) is 4.38. The molecule has 1 aliphatic carbocycles. The maximum absolute atomic E-state index is 12.6. The molecular weight excluding hydrogens is 319 g/mol. The molecule has 0 amide bonds. The molecule has 2 fully saturated rings. The van der Waals surface area contributed by atoms with Gasteiger partial charge in [-0.05, 0) is 30.7 Å². The number of fused-ring (bicyclic) bond motifs is 2. The lowest BCUT2D eigenvalue weighted by molar-refractivity contribution is -0.144. The molecule has 130 valence electrons. The Balaban J connectivity index is 1.44. The summed E-state index contributed by atoms with van der Waals surface area (Å²) in [5, 5.41) is 0.982. The first-order valence-corrected chi connectivity index (χ1v) is 8.21. The number of alkyl halides is 3. The Morgan fingerprint density at radius 1 is 1.25 bits per heavy atom. The van der Waals surface area contributed by atoms with Crippen molar-refractivity contribution in [3.8, 4) is 0 Å². The van der Waals surface area contributed by atoms with Gasteiger partial charge in [0.2, 0.25) is 0 Å². The van der Waals surface area contributed by atoms with Crippen LogP contribution in [0.4, 0.5) is 19.0 Å². The van der Waals surface area contributed by atoms with Crippen LogP contribution in [-0.2, 0) is 0 Å². The molecule has 0 spiro atoms. The van der Waals surface area contributed by atoms with Crippen molar-refractivity contribution in [2.24, 2.45) is 11.8 Å². The molecule has 2 aromatic rings. The lowest BCUT2D eigenvalue weighted by Gasteiger charge is -2.28. The van der Waals surface area contributed by atoms with Crippen LogP contribution in [0, 0.1) is 11.8 Å². The van der Waals surface area contributed by atoms with Crippen molar-refractivity contribution in [3.05, 3.63) is 18.6 Å². The molecule has 1 N–H and O–H groups in total. The van der Waals surface area contributed by atoms with Crippen molar-refractivity contribution in [1.82, 2.24) is 19.9 Å². The predicted octanol–water partition coefficient (Wildman–Crippen LogP) is 2.67. The molecule has 0 radical (unpaired) electrons. The van der Waals surface area contributed by atoms with Crippen molar-refractivity contribution in [2.75, 3.05) is 31.6 Å². The zero-order valence-corrected chi connectivity index (χ0v) is 13.4. The smallest absolute Gasteiger partial charge is 0.356 e. The maximum Gasteiger partial charge on any atom is 0.401 e. The summed E-state index contributed by atoms with van der Waals surface area (Å²) in [5.41, 5.74) is 0.807. The van der Waals surface area contributed by atoms with Crippen LogP contribution in [0.25, 0.3) is 11.0 Å². The van der Waals surface area contributed by atoms with E-state index in [1.807, 2.05) is 19.3 Å². The van der Waals surface area contributed by atoms with Crippen molar-refractivity contribution in [2.45, 2.75) is 25.1 Å². The largest absolute Gasteiger partial charge is 0.401 e. The number of hydrogen-bond acceptors (Lipinski definition) is 4. The molecule has 1 aliphatic heterocycles. The Morgan fingerprint density at radius 3 is 2.62 bits per heavy atom. The highest BCUT2D eigenvalue weighted by molar-refractivity contribution is 5.87. The summed E-state index contributed by atoms with van der Waals surface area (Å²) in [7, 11) is 2.02. The molecule has 1 unspecified atom stereocenters. The summed E-state index contributed by atoms with van der Waals surface area (Å²) in [6.45, 7) is 0.325. The topological polar surface area (TPSA) is 48.1 Å². The van der Waals surface area contributed by atoms with Gasteiger partial charge in [0.1, 0.15) is 17.8 Å². The quantitative estimate of drug-likeness (QED) is 0.934. The van der Waals surface area contributed by atoms with Crippen LogP contribution in [0.3, 0.4) is 0 Å². The van der Waals surface area contributed by atoms with E-state index < -0.39 is 12.7 Å². The summed E-state index contributed by atoms with van der Waals surface area (Å²) < 4.78 is 37.7. The van der Waals surface area contributed by atoms with Gasteiger partial charge >= 0.3 is 6.18 Å². The molecule has 3 atom stereocenters. The Kier molecular flexibility index (Phi) is 3.67. The summed E-state index contributed by atoms with van der Waals surface area (Å²) >= 11 is 0. The second-order valence-corrected chi connectivity index (χ2v) is 7.00. The third-order valence-electron chi connectivity index (χ3n) is 5.42.